The summed E-state index contributed by atoms with van der Waals surface area (Å²) < 4.78 is 5.55. The Morgan fingerprint density at radius 3 is 2.58 bits per heavy atom. The first-order valence-electron chi connectivity index (χ1n) is 4.51. The lowest BCUT2D eigenvalue weighted by atomic mass is 10.1. The summed E-state index contributed by atoms with van der Waals surface area (Å²) in [6.07, 6.45) is 3.96. The molecule has 0 unspecified atom stereocenters. The van der Waals surface area contributed by atoms with Crippen LogP contribution in [0.5, 0.6) is 0 Å². The highest BCUT2D eigenvalue weighted by molar-refractivity contribution is 5.56. The van der Waals surface area contributed by atoms with Gasteiger partial charge >= 0.3 is 0 Å². The zero-order chi connectivity index (χ0) is 9.40. The van der Waals surface area contributed by atoms with Crippen molar-refractivity contribution in [3.05, 3.63) is 0 Å². The van der Waals surface area contributed by atoms with Crippen LogP contribution in [-0.4, -0.2) is 18.9 Å². The number of nitrogens with zero attached hydrogens (tertiary/aromatic N) is 1. The Balaban J connectivity index is 3.19. The molecule has 0 aromatic rings. The highest BCUT2D eigenvalue weighted by Gasteiger charge is 2.05. The van der Waals surface area contributed by atoms with Gasteiger partial charge in [-0.3, -0.25) is 0 Å². The van der Waals surface area contributed by atoms with Gasteiger partial charge in [-0.25, -0.2) is 0 Å². The number of rotatable bonds is 6. The average molecular weight is 172 g/mol. The first-order chi connectivity index (χ1) is 5.68. The van der Waals surface area contributed by atoms with E-state index in [-0.39, 0.29) is 0 Å². The fourth-order valence-electron chi connectivity index (χ4n) is 0.711. The van der Waals surface area contributed by atoms with Gasteiger partial charge in [-0.15, -0.1) is 0 Å². The summed E-state index contributed by atoms with van der Waals surface area (Å²) in [5.41, 5.74) is 0. The van der Waals surface area contributed by atoms with Crippen molar-refractivity contribution < 1.29 is 4.74 Å². The molecular weight excluding hydrogens is 152 g/mol. The topological polar surface area (TPSA) is 47.6 Å². The van der Waals surface area contributed by atoms with Crippen LogP contribution in [-0.2, 0) is 4.74 Å². The van der Waals surface area contributed by atoms with Crippen molar-refractivity contribution in [3.63, 3.8) is 0 Å². The molecule has 0 aliphatic carbocycles. The summed E-state index contributed by atoms with van der Waals surface area (Å²) in [5.74, 6) is 5.54. The minimum atomic E-state index is 0.347. The smallest absolute Gasteiger partial charge is 0.0569 e. The molecular formula is C9H20N2O. The predicted molar refractivity (Wildman–Crippen MR) is 52.2 cm³/mol. The minimum Gasteiger partial charge on any atom is -0.378 e. The summed E-state index contributed by atoms with van der Waals surface area (Å²) in [5, 5.41) is 3.41. The first kappa shape index (κ1) is 11.4. The van der Waals surface area contributed by atoms with Crippen molar-refractivity contribution in [2.75, 3.05) is 6.61 Å². The van der Waals surface area contributed by atoms with Crippen molar-refractivity contribution in [2.45, 2.75) is 39.7 Å². The van der Waals surface area contributed by atoms with Gasteiger partial charge in [0.2, 0.25) is 0 Å². The third-order valence-corrected chi connectivity index (χ3v) is 1.90. The molecule has 0 aliphatic heterocycles. The number of nitrogens with two attached hydrogens (primary N) is 1. The van der Waals surface area contributed by atoms with Crippen LogP contribution in [0, 0.1) is 5.92 Å². The van der Waals surface area contributed by atoms with E-state index in [4.69, 9.17) is 10.6 Å². The van der Waals surface area contributed by atoms with Crippen molar-refractivity contribution in [1.29, 1.82) is 0 Å². The standard InChI is InChI=1S/C9H20N2O/c1-8(2)9(3)12-7-5-4-6-11-10/h6,8-9H,4-5,7,10H2,1-3H3/b11-6+/t9-/m1/s1. The Bertz CT molecular complexity index is 124. The van der Waals surface area contributed by atoms with E-state index in [1.165, 1.54) is 0 Å². The Morgan fingerprint density at radius 2 is 2.08 bits per heavy atom. The molecule has 12 heavy (non-hydrogen) atoms. The van der Waals surface area contributed by atoms with E-state index in [0.29, 0.717) is 12.0 Å². The van der Waals surface area contributed by atoms with E-state index in [2.05, 4.69) is 25.9 Å². The number of unbranched alkanes of at least 4 members (excludes halogenated alkanes) is 1. The number of ether oxygens (including phenoxy) is 1. The zero-order valence-corrected chi connectivity index (χ0v) is 8.29. The SMILES string of the molecule is CC(C)[C@@H](C)OCCC/C=N/N. The molecule has 0 radical (unpaired) electrons. The van der Waals surface area contributed by atoms with E-state index in [1.54, 1.807) is 6.21 Å². The lowest BCUT2D eigenvalue weighted by Gasteiger charge is -2.15. The normalized spacial score (nSPS) is 14.3. The molecule has 0 bridgehead atoms. The van der Waals surface area contributed by atoms with Gasteiger partial charge in [-0.1, -0.05) is 13.8 Å². The quantitative estimate of drug-likeness (QED) is 0.287. The lowest BCUT2D eigenvalue weighted by Crippen LogP contribution is -2.15. The van der Waals surface area contributed by atoms with Gasteiger partial charge in [0.1, 0.15) is 0 Å². The van der Waals surface area contributed by atoms with Crippen LogP contribution in [0.25, 0.3) is 0 Å². The molecule has 0 heterocycles. The number of hydrazone groups is 1. The van der Waals surface area contributed by atoms with Crippen molar-refractivity contribution >= 4 is 6.21 Å². The van der Waals surface area contributed by atoms with Gasteiger partial charge in [0, 0.05) is 12.8 Å². The van der Waals surface area contributed by atoms with Crippen LogP contribution >= 0.6 is 0 Å². The molecule has 0 amide bonds. The second kappa shape index (κ2) is 7.10. The highest BCUT2D eigenvalue weighted by atomic mass is 16.5. The first-order valence-corrected chi connectivity index (χ1v) is 4.51. The fourth-order valence-corrected chi connectivity index (χ4v) is 0.711. The maximum absolute atomic E-state index is 5.55. The van der Waals surface area contributed by atoms with E-state index in [1.807, 2.05) is 0 Å². The van der Waals surface area contributed by atoms with E-state index in [0.717, 1.165) is 19.4 Å². The Labute approximate surface area is 75.0 Å². The van der Waals surface area contributed by atoms with Crippen LogP contribution in [0.1, 0.15) is 33.6 Å². The maximum atomic E-state index is 5.55. The Kier molecular flexibility index (Phi) is 6.76. The average Bonchev–Trinajstić information content (AvgIpc) is 2.03. The van der Waals surface area contributed by atoms with Crippen LogP contribution in [0.3, 0.4) is 0 Å². The lowest BCUT2D eigenvalue weighted by molar-refractivity contribution is 0.0350. The molecule has 0 rings (SSSR count). The van der Waals surface area contributed by atoms with E-state index < -0.39 is 0 Å². The van der Waals surface area contributed by atoms with E-state index in [9.17, 15) is 0 Å². The molecule has 0 fully saturated rings. The number of hydrogen-bond acceptors (Lipinski definition) is 3. The molecule has 0 saturated heterocycles. The summed E-state index contributed by atoms with van der Waals surface area (Å²) >= 11 is 0. The third kappa shape index (κ3) is 6.16. The van der Waals surface area contributed by atoms with Gasteiger partial charge in [0.15, 0.2) is 0 Å². The van der Waals surface area contributed by atoms with Crippen LogP contribution in [0.15, 0.2) is 5.10 Å². The molecule has 0 saturated carbocycles. The second-order valence-corrected chi connectivity index (χ2v) is 3.29. The monoisotopic (exact) mass is 172 g/mol. The summed E-state index contributed by atoms with van der Waals surface area (Å²) in [7, 11) is 0. The maximum Gasteiger partial charge on any atom is 0.0569 e. The van der Waals surface area contributed by atoms with Gasteiger partial charge in [-0.05, 0) is 25.7 Å². The summed E-state index contributed by atoms with van der Waals surface area (Å²) in [6, 6.07) is 0. The Morgan fingerprint density at radius 1 is 1.42 bits per heavy atom. The van der Waals surface area contributed by atoms with Crippen molar-refractivity contribution in [1.82, 2.24) is 0 Å². The van der Waals surface area contributed by atoms with Crippen molar-refractivity contribution in [2.24, 2.45) is 16.9 Å². The van der Waals surface area contributed by atoms with Gasteiger partial charge in [0.05, 0.1) is 6.10 Å². The molecule has 72 valence electrons. The van der Waals surface area contributed by atoms with Gasteiger partial charge in [-0.2, -0.15) is 5.10 Å². The molecule has 3 nitrogen and oxygen atoms in total. The third-order valence-electron chi connectivity index (χ3n) is 1.90. The predicted octanol–water partition coefficient (Wildman–Crippen LogP) is 1.77. The zero-order valence-electron chi connectivity index (χ0n) is 8.29. The molecule has 0 aromatic heterocycles. The fraction of sp³-hybridized carbons (Fsp3) is 0.889. The van der Waals surface area contributed by atoms with Gasteiger partial charge < -0.3 is 10.6 Å². The summed E-state index contributed by atoms with van der Waals surface area (Å²) in [6.45, 7) is 7.21. The largest absolute Gasteiger partial charge is 0.378 e. The molecule has 0 spiro atoms. The molecule has 0 aliphatic rings. The van der Waals surface area contributed by atoms with Crippen LogP contribution < -0.4 is 5.84 Å². The summed E-state index contributed by atoms with van der Waals surface area (Å²) in [4.78, 5) is 0. The highest BCUT2D eigenvalue weighted by Crippen LogP contribution is 2.05. The minimum absolute atomic E-state index is 0.347. The van der Waals surface area contributed by atoms with E-state index >= 15 is 0 Å². The molecule has 0 aromatic carbocycles. The molecule has 2 N–H and O–H groups in total. The Hall–Kier alpha value is -0.570. The molecule has 1 atom stereocenters. The van der Waals surface area contributed by atoms with Gasteiger partial charge in [0.25, 0.3) is 0 Å². The second-order valence-electron chi connectivity index (χ2n) is 3.29. The number of hydrogen-bond donors (Lipinski definition) is 1. The van der Waals surface area contributed by atoms with Crippen LogP contribution in [0.4, 0.5) is 0 Å². The van der Waals surface area contributed by atoms with Crippen LogP contribution in [0.2, 0.25) is 0 Å². The van der Waals surface area contributed by atoms with Crippen molar-refractivity contribution in [3.8, 4) is 0 Å². The molecule has 3 heteroatoms.